The van der Waals surface area contributed by atoms with Crippen molar-refractivity contribution in [1.82, 2.24) is 9.97 Å². The van der Waals surface area contributed by atoms with Gasteiger partial charge in [-0.15, -0.1) is 0 Å². The number of methoxy groups -OCH3 is 1. The summed E-state index contributed by atoms with van der Waals surface area (Å²) in [5.74, 6) is 0.332. The number of H-pyrrole nitrogens is 1. The SMILES string of the molecule is COc1cc(Oc2cc3nccc(C(=O)O)c3[nH]2)ccc1Cl. The lowest BCUT2D eigenvalue weighted by Crippen LogP contribution is -1.97. The number of fused-ring (bicyclic) bond motifs is 1. The van der Waals surface area contributed by atoms with Gasteiger partial charge in [-0.3, -0.25) is 4.98 Å². The molecule has 0 bridgehead atoms. The van der Waals surface area contributed by atoms with Crippen LogP contribution in [0.4, 0.5) is 0 Å². The Labute approximate surface area is 130 Å². The molecule has 3 rings (SSSR count). The summed E-state index contributed by atoms with van der Waals surface area (Å²) in [4.78, 5) is 18.2. The van der Waals surface area contributed by atoms with Crippen LogP contribution < -0.4 is 9.47 Å². The maximum Gasteiger partial charge on any atom is 0.337 e. The lowest BCUT2D eigenvalue weighted by molar-refractivity contribution is 0.0699. The van der Waals surface area contributed by atoms with Crippen molar-refractivity contribution in [2.45, 2.75) is 0 Å². The van der Waals surface area contributed by atoms with Crippen LogP contribution in [0.2, 0.25) is 5.02 Å². The summed E-state index contributed by atoms with van der Waals surface area (Å²) in [6.45, 7) is 0. The quantitative estimate of drug-likeness (QED) is 0.766. The van der Waals surface area contributed by atoms with Gasteiger partial charge in [-0.05, 0) is 18.2 Å². The van der Waals surface area contributed by atoms with E-state index in [-0.39, 0.29) is 5.56 Å². The Balaban J connectivity index is 1.98. The van der Waals surface area contributed by atoms with Crippen LogP contribution in [-0.2, 0) is 0 Å². The molecule has 0 aliphatic heterocycles. The zero-order valence-corrected chi connectivity index (χ0v) is 12.2. The van der Waals surface area contributed by atoms with Crippen LogP contribution in [0, 0.1) is 0 Å². The van der Waals surface area contributed by atoms with E-state index in [0.29, 0.717) is 33.4 Å². The molecule has 2 heterocycles. The number of rotatable bonds is 4. The highest BCUT2D eigenvalue weighted by atomic mass is 35.5. The van der Waals surface area contributed by atoms with Gasteiger partial charge in [-0.25, -0.2) is 4.79 Å². The summed E-state index contributed by atoms with van der Waals surface area (Å²) in [6, 6.07) is 8.03. The molecule has 0 saturated heterocycles. The molecule has 0 spiro atoms. The van der Waals surface area contributed by atoms with Gasteiger partial charge in [0.05, 0.1) is 28.7 Å². The first-order valence-electron chi connectivity index (χ1n) is 6.31. The molecular formula is C15H11ClN2O4. The number of pyridine rings is 1. The van der Waals surface area contributed by atoms with E-state index < -0.39 is 5.97 Å². The normalized spacial score (nSPS) is 10.6. The van der Waals surface area contributed by atoms with Crippen LogP contribution in [-0.4, -0.2) is 28.2 Å². The molecule has 3 aromatic rings. The minimum absolute atomic E-state index is 0.133. The van der Waals surface area contributed by atoms with Crippen molar-refractivity contribution in [2.24, 2.45) is 0 Å². The number of ether oxygens (including phenoxy) is 2. The number of aromatic nitrogens is 2. The second-order valence-corrected chi connectivity index (χ2v) is 4.86. The molecule has 0 amide bonds. The highest BCUT2D eigenvalue weighted by Crippen LogP contribution is 2.32. The number of carboxylic acids is 1. The zero-order valence-electron chi connectivity index (χ0n) is 11.5. The number of hydrogen-bond acceptors (Lipinski definition) is 4. The van der Waals surface area contributed by atoms with E-state index in [1.54, 1.807) is 24.3 Å². The van der Waals surface area contributed by atoms with Gasteiger partial charge in [0.15, 0.2) is 5.88 Å². The van der Waals surface area contributed by atoms with Crippen molar-refractivity contribution < 1.29 is 19.4 Å². The van der Waals surface area contributed by atoms with Crippen molar-refractivity contribution >= 4 is 28.6 Å². The number of halogens is 1. The third-order valence-electron chi connectivity index (χ3n) is 3.08. The highest BCUT2D eigenvalue weighted by Gasteiger charge is 2.13. The Morgan fingerprint density at radius 2 is 2.14 bits per heavy atom. The van der Waals surface area contributed by atoms with Crippen LogP contribution in [0.3, 0.4) is 0 Å². The molecule has 6 nitrogen and oxygen atoms in total. The maximum absolute atomic E-state index is 11.2. The number of carbonyl (C=O) groups is 1. The molecule has 0 radical (unpaired) electrons. The van der Waals surface area contributed by atoms with Crippen LogP contribution in [0.5, 0.6) is 17.4 Å². The summed E-state index contributed by atoms with van der Waals surface area (Å²) >= 11 is 5.96. The van der Waals surface area contributed by atoms with Crippen LogP contribution >= 0.6 is 11.6 Å². The van der Waals surface area contributed by atoms with Crippen molar-refractivity contribution in [3.05, 3.63) is 47.1 Å². The fourth-order valence-electron chi connectivity index (χ4n) is 2.07. The summed E-state index contributed by atoms with van der Waals surface area (Å²) < 4.78 is 10.8. The number of benzene rings is 1. The van der Waals surface area contributed by atoms with Crippen molar-refractivity contribution in [1.29, 1.82) is 0 Å². The van der Waals surface area contributed by atoms with Gasteiger partial charge < -0.3 is 19.6 Å². The van der Waals surface area contributed by atoms with Crippen LogP contribution in [0.25, 0.3) is 11.0 Å². The second-order valence-electron chi connectivity index (χ2n) is 4.46. The van der Waals surface area contributed by atoms with E-state index in [1.165, 1.54) is 19.4 Å². The molecule has 0 saturated carbocycles. The predicted octanol–water partition coefficient (Wildman–Crippen LogP) is 3.72. The molecule has 0 atom stereocenters. The summed E-state index contributed by atoms with van der Waals surface area (Å²) in [5, 5.41) is 9.63. The van der Waals surface area contributed by atoms with Crippen LogP contribution in [0.15, 0.2) is 36.5 Å². The Bertz CT molecular complexity index is 860. The maximum atomic E-state index is 11.2. The number of nitrogens with one attached hydrogen (secondary N) is 1. The monoisotopic (exact) mass is 318 g/mol. The Kier molecular flexibility index (Phi) is 3.60. The zero-order chi connectivity index (χ0) is 15.7. The van der Waals surface area contributed by atoms with Crippen molar-refractivity contribution in [2.75, 3.05) is 7.11 Å². The smallest absolute Gasteiger partial charge is 0.337 e. The molecule has 0 aliphatic rings. The Morgan fingerprint density at radius 3 is 2.86 bits per heavy atom. The molecule has 2 aromatic heterocycles. The molecule has 112 valence electrons. The third-order valence-corrected chi connectivity index (χ3v) is 3.39. The van der Waals surface area contributed by atoms with E-state index in [9.17, 15) is 4.79 Å². The van der Waals surface area contributed by atoms with Gasteiger partial charge in [-0.1, -0.05) is 11.6 Å². The third kappa shape index (κ3) is 2.56. The summed E-state index contributed by atoms with van der Waals surface area (Å²) in [5.41, 5.74) is 1.05. The number of carboxylic acid groups (broad SMARTS) is 1. The van der Waals surface area contributed by atoms with Gasteiger partial charge in [0.2, 0.25) is 0 Å². The molecule has 22 heavy (non-hydrogen) atoms. The molecule has 7 heteroatoms. The van der Waals surface area contributed by atoms with E-state index in [1.807, 2.05) is 0 Å². The summed E-state index contributed by atoms with van der Waals surface area (Å²) in [6.07, 6.45) is 1.44. The van der Waals surface area contributed by atoms with E-state index >= 15 is 0 Å². The van der Waals surface area contributed by atoms with Gasteiger partial charge in [0.1, 0.15) is 11.5 Å². The van der Waals surface area contributed by atoms with E-state index in [4.69, 9.17) is 26.2 Å². The minimum Gasteiger partial charge on any atom is -0.495 e. The van der Waals surface area contributed by atoms with Gasteiger partial charge in [-0.2, -0.15) is 0 Å². The van der Waals surface area contributed by atoms with Crippen molar-refractivity contribution in [3.8, 4) is 17.4 Å². The van der Waals surface area contributed by atoms with Gasteiger partial charge >= 0.3 is 5.97 Å². The van der Waals surface area contributed by atoms with E-state index in [2.05, 4.69) is 9.97 Å². The molecule has 1 aromatic carbocycles. The van der Waals surface area contributed by atoms with E-state index in [0.717, 1.165) is 0 Å². The predicted molar refractivity (Wildman–Crippen MR) is 81.1 cm³/mol. The molecule has 0 unspecified atom stereocenters. The average molecular weight is 319 g/mol. The number of aromatic amines is 1. The molecular weight excluding hydrogens is 308 g/mol. The fraction of sp³-hybridized carbons (Fsp3) is 0.0667. The first-order chi connectivity index (χ1) is 10.6. The lowest BCUT2D eigenvalue weighted by atomic mass is 10.2. The average Bonchev–Trinajstić information content (AvgIpc) is 2.91. The minimum atomic E-state index is -1.03. The topological polar surface area (TPSA) is 84.4 Å². The standard InChI is InChI=1S/C15H11ClN2O4/c1-21-12-6-8(2-3-10(12)16)22-13-7-11-14(18-13)9(15(19)20)4-5-17-11/h2-7,18H,1H3,(H,19,20). The van der Waals surface area contributed by atoms with Crippen LogP contribution in [0.1, 0.15) is 10.4 Å². The first-order valence-corrected chi connectivity index (χ1v) is 6.68. The Morgan fingerprint density at radius 1 is 1.32 bits per heavy atom. The number of nitrogens with zero attached hydrogens (tertiary/aromatic N) is 1. The lowest BCUT2D eigenvalue weighted by Gasteiger charge is -2.06. The second kappa shape index (κ2) is 5.57. The first kappa shape index (κ1) is 14.2. The molecule has 0 fully saturated rings. The summed E-state index contributed by atoms with van der Waals surface area (Å²) in [7, 11) is 1.51. The Hall–Kier alpha value is -2.73. The van der Waals surface area contributed by atoms with Crippen molar-refractivity contribution in [3.63, 3.8) is 0 Å². The number of hydrogen-bond donors (Lipinski definition) is 2. The largest absolute Gasteiger partial charge is 0.495 e. The fourth-order valence-corrected chi connectivity index (χ4v) is 2.26. The van der Waals surface area contributed by atoms with Gasteiger partial charge in [0, 0.05) is 18.3 Å². The molecule has 2 N–H and O–H groups in total. The molecule has 0 aliphatic carbocycles. The number of aromatic carboxylic acids is 1. The highest BCUT2D eigenvalue weighted by molar-refractivity contribution is 6.32. The van der Waals surface area contributed by atoms with Gasteiger partial charge in [0.25, 0.3) is 0 Å².